The van der Waals surface area contributed by atoms with Gasteiger partial charge in [-0.15, -0.1) is 0 Å². The van der Waals surface area contributed by atoms with Crippen molar-refractivity contribution in [2.45, 2.75) is 6.92 Å². The van der Waals surface area contributed by atoms with Crippen molar-refractivity contribution in [3.05, 3.63) is 76.5 Å². The molecular weight excluding hydrogens is 340 g/mol. The number of benzene rings is 2. The van der Waals surface area contributed by atoms with E-state index in [1.165, 1.54) is 6.20 Å². The van der Waals surface area contributed by atoms with Gasteiger partial charge in [0.25, 0.3) is 5.19 Å². The van der Waals surface area contributed by atoms with Crippen molar-refractivity contribution >= 4 is 27.7 Å². The number of rotatable bonds is 6. The van der Waals surface area contributed by atoms with Crippen LogP contribution in [0.1, 0.15) is 12.5 Å². The van der Waals surface area contributed by atoms with Crippen LogP contribution < -0.4 is 10.2 Å². The van der Waals surface area contributed by atoms with Gasteiger partial charge in [-0.2, -0.15) is 5.10 Å². The molecule has 0 aliphatic rings. The molecule has 1 heterocycles. The second kappa shape index (κ2) is 7.54. The average molecular weight is 354 g/mol. The molecular formula is C17H14N4O3S. The topological polar surface area (TPSA) is 89.7 Å². The van der Waals surface area contributed by atoms with Gasteiger partial charge in [-0.3, -0.25) is 15.5 Å². The van der Waals surface area contributed by atoms with Crippen LogP contribution in [0.5, 0.6) is 10.9 Å². The normalized spacial score (nSPS) is 11.2. The fourth-order valence-electron chi connectivity index (χ4n) is 1.97. The van der Waals surface area contributed by atoms with Crippen molar-refractivity contribution < 1.29 is 9.66 Å². The summed E-state index contributed by atoms with van der Waals surface area (Å²) in [5, 5.41) is 15.2. The number of thiazole rings is 1. The van der Waals surface area contributed by atoms with Crippen molar-refractivity contribution in [3.63, 3.8) is 0 Å². The number of aromatic nitrogens is 1. The molecule has 0 aliphatic carbocycles. The lowest BCUT2D eigenvalue weighted by Crippen LogP contribution is -1.99. The molecule has 1 N–H and O–H groups in total. The lowest BCUT2D eigenvalue weighted by Gasteiger charge is -2.05. The zero-order valence-electron chi connectivity index (χ0n) is 13.2. The number of hydrogen-bond donors (Lipinski definition) is 1. The molecule has 0 fully saturated rings. The van der Waals surface area contributed by atoms with Gasteiger partial charge in [-0.25, -0.2) is 4.98 Å². The molecule has 0 bridgehead atoms. The van der Waals surface area contributed by atoms with Gasteiger partial charge >= 0.3 is 5.00 Å². The Morgan fingerprint density at radius 1 is 1.20 bits per heavy atom. The number of hydrogen-bond acceptors (Lipinski definition) is 7. The predicted molar refractivity (Wildman–Crippen MR) is 97.6 cm³/mol. The van der Waals surface area contributed by atoms with Gasteiger partial charge < -0.3 is 4.74 Å². The van der Waals surface area contributed by atoms with Crippen molar-refractivity contribution in [1.29, 1.82) is 0 Å². The summed E-state index contributed by atoms with van der Waals surface area (Å²) in [6.45, 7) is 1.90. The zero-order chi connectivity index (χ0) is 17.6. The Bertz CT molecular complexity index is 892. The fourth-order valence-corrected chi connectivity index (χ4v) is 2.57. The van der Waals surface area contributed by atoms with Crippen LogP contribution in [0.3, 0.4) is 0 Å². The molecule has 0 saturated carbocycles. The van der Waals surface area contributed by atoms with Crippen LogP contribution >= 0.6 is 11.3 Å². The second-order valence-electron chi connectivity index (χ2n) is 5.02. The van der Waals surface area contributed by atoms with E-state index in [0.29, 0.717) is 5.75 Å². The average Bonchev–Trinajstić information content (AvgIpc) is 3.10. The van der Waals surface area contributed by atoms with Gasteiger partial charge in [-0.1, -0.05) is 18.2 Å². The Morgan fingerprint density at radius 3 is 2.56 bits per heavy atom. The summed E-state index contributed by atoms with van der Waals surface area (Å²) in [5.41, 5.74) is 5.66. The Morgan fingerprint density at radius 2 is 1.92 bits per heavy atom. The quantitative estimate of drug-likeness (QED) is 0.394. The standard InChI is InChI=1S/C17H14N4O3S/c1-12(19-20-14-5-3-2-4-6-14)13-7-9-15(10-8-13)24-17-18-11-16(25-17)21(22)23/h2-11,20H,1H3/b19-12-. The van der Waals surface area contributed by atoms with E-state index >= 15 is 0 Å². The van der Waals surface area contributed by atoms with E-state index in [9.17, 15) is 10.1 Å². The van der Waals surface area contributed by atoms with E-state index in [4.69, 9.17) is 4.74 Å². The van der Waals surface area contributed by atoms with Crippen LogP contribution in [0.15, 0.2) is 65.9 Å². The molecule has 0 atom stereocenters. The number of ether oxygens (including phenoxy) is 1. The van der Waals surface area contributed by atoms with Crippen molar-refractivity contribution in [1.82, 2.24) is 4.98 Å². The molecule has 25 heavy (non-hydrogen) atoms. The van der Waals surface area contributed by atoms with E-state index in [0.717, 1.165) is 28.3 Å². The molecule has 0 radical (unpaired) electrons. The molecule has 0 spiro atoms. The van der Waals surface area contributed by atoms with Gasteiger partial charge in [0.2, 0.25) is 0 Å². The molecule has 0 unspecified atom stereocenters. The first-order chi connectivity index (χ1) is 12.1. The smallest absolute Gasteiger partial charge is 0.347 e. The molecule has 0 saturated heterocycles. The maximum Gasteiger partial charge on any atom is 0.347 e. The molecule has 8 heteroatoms. The summed E-state index contributed by atoms with van der Waals surface area (Å²) in [6, 6.07) is 16.9. The van der Waals surface area contributed by atoms with Crippen LogP contribution in [0.4, 0.5) is 10.7 Å². The number of anilines is 1. The Hall–Kier alpha value is -3.26. The molecule has 3 rings (SSSR count). The van der Waals surface area contributed by atoms with Crippen molar-refractivity contribution in [3.8, 4) is 10.9 Å². The van der Waals surface area contributed by atoms with Crippen LogP contribution in [0, 0.1) is 10.1 Å². The van der Waals surface area contributed by atoms with E-state index in [1.807, 2.05) is 49.4 Å². The Balaban J connectivity index is 1.65. The zero-order valence-corrected chi connectivity index (χ0v) is 14.1. The minimum atomic E-state index is -0.493. The molecule has 126 valence electrons. The van der Waals surface area contributed by atoms with Gasteiger partial charge in [-0.05, 0) is 60.2 Å². The van der Waals surface area contributed by atoms with Crippen molar-refractivity contribution in [2.75, 3.05) is 5.43 Å². The number of nitro groups is 1. The summed E-state index contributed by atoms with van der Waals surface area (Å²) >= 11 is 0.886. The highest BCUT2D eigenvalue weighted by molar-refractivity contribution is 7.16. The number of nitrogens with zero attached hydrogens (tertiary/aromatic N) is 3. The lowest BCUT2D eigenvalue weighted by molar-refractivity contribution is -0.380. The van der Waals surface area contributed by atoms with Crippen LogP contribution in [0.25, 0.3) is 0 Å². The minimum Gasteiger partial charge on any atom is -0.431 e. The van der Waals surface area contributed by atoms with Crippen LogP contribution in [-0.2, 0) is 0 Å². The predicted octanol–water partition coefficient (Wildman–Crippen LogP) is 4.68. The second-order valence-corrected chi connectivity index (χ2v) is 5.99. The van der Waals surface area contributed by atoms with Gasteiger partial charge in [0.1, 0.15) is 11.9 Å². The van der Waals surface area contributed by atoms with E-state index in [-0.39, 0.29) is 10.2 Å². The number of para-hydroxylation sites is 1. The Kier molecular flexibility index (Phi) is 5.00. The Labute approximate surface area is 147 Å². The molecule has 1 aromatic heterocycles. The molecule has 7 nitrogen and oxygen atoms in total. The molecule has 0 amide bonds. The van der Waals surface area contributed by atoms with E-state index in [2.05, 4.69) is 15.5 Å². The first kappa shape index (κ1) is 16.6. The van der Waals surface area contributed by atoms with Gasteiger partial charge in [0.05, 0.1) is 16.3 Å². The highest BCUT2D eigenvalue weighted by Crippen LogP contribution is 2.30. The number of nitrogens with one attached hydrogen (secondary N) is 1. The maximum absolute atomic E-state index is 10.7. The summed E-state index contributed by atoms with van der Waals surface area (Å²) in [6.07, 6.45) is 1.18. The van der Waals surface area contributed by atoms with Crippen LogP contribution in [0.2, 0.25) is 0 Å². The third-order valence-electron chi connectivity index (χ3n) is 3.26. The van der Waals surface area contributed by atoms with Crippen molar-refractivity contribution in [2.24, 2.45) is 5.10 Å². The SMILES string of the molecule is C/C(=N/Nc1ccccc1)c1ccc(Oc2ncc([N+](=O)[O-])s2)cc1. The summed E-state index contributed by atoms with van der Waals surface area (Å²) < 4.78 is 5.52. The number of hydrazone groups is 1. The highest BCUT2D eigenvalue weighted by atomic mass is 32.1. The fraction of sp³-hybridized carbons (Fsp3) is 0.0588. The van der Waals surface area contributed by atoms with Crippen LogP contribution in [-0.4, -0.2) is 15.6 Å². The summed E-state index contributed by atoms with van der Waals surface area (Å²) in [5.74, 6) is 0.553. The van der Waals surface area contributed by atoms with Gasteiger partial charge in [0.15, 0.2) is 0 Å². The maximum atomic E-state index is 10.7. The van der Waals surface area contributed by atoms with E-state index in [1.54, 1.807) is 12.1 Å². The highest BCUT2D eigenvalue weighted by Gasteiger charge is 2.13. The summed E-state index contributed by atoms with van der Waals surface area (Å²) in [4.78, 5) is 14.0. The first-order valence-corrected chi connectivity index (χ1v) is 8.17. The minimum absolute atomic E-state index is 0.0541. The molecule has 2 aromatic carbocycles. The van der Waals surface area contributed by atoms with Gasteiger partial charge in [0, 0.05) is 0 Å². The molecule has 0 aliphatic heterocycles. The third-order valence-corrected chi connectivity index (χ3v) is 4.08. The molecule has 3 aromatic rings. The van der Waals surface area contributed by atoms with E-state index < -0.39 is 4.92 Å². The third kappa shape index (κ3) is 4.39. The largest absolute Gasteiger partial charge is 0.431 e. The first-order valence-electron chi connectivity index (χ1n) is 7.35. The monoisotopic (exact) mass is 354 g/mol. The lowest BCUT2D eigenvalue weighted by atomic mass is 10.1. The summed E-state index contributed by atoms with van der Waals surface area (Å²) in [7, 11) is 0.